The first-order chi connectivity index (χ1) is 17.5. The van der Waals surface area contributed by atoms with Gasteiger partial charge < -0.3 is 9.84 Å². The van der Waals surface area contributed by atoms with Gasteiger partial charge in [-0.2, -0.15) is 0 Å². The number of unbranched alkanes of at least 4 members (excludes halogenated alkanes) is 13. The fourth-order valence-electron chi connectivity index (χ4n) is 3.49. The first-order valence-electron chi connectivity index (χ1n) is 14.5. The van der Waals surface area contributed by atoms with E-state index in [0.717, 1.165) is 32.1 Å². The van der Waals surface area contributed by atoms with Crippen molar-refractivity contribution in [3.8, 4) is 0 Å². The molecule has 0 atom stereocenters. The zero-order valence-electron chi connectivity index (χ0n) is 23.7. The molecule has 0 rings (SSSR count). The van der Waals surface area contributed by atoms with E-state index in [1.54, 1.807) is 0 Å². The van der Waals surface area contributed by atoms with Crippen LogP contribution < -0.4 is 0 Å². The summed E-state index contributed by atoms with van der Waals surface area (Å²) < 4.78 is 4.88. The third-order valence-electron chi connectivity index (χ3n) is 5.57. The molecule has 4 nitrogen and oxygen atoms in total. The van der Waals surface area contributed by atoms with Gasteiger partial charge in [0.15, 0.2) is 0 Å². The van der Waals surface area contributed by atoms with Crippen molar-refractivity contribution in [1.82, 2.24) is 0 Å². The summed E-state index contributed by atoms with van der Waals surface area (Å²) >= 11 is 0. The monoisotopic (exact) mass is 504 g/mol. The Balaban J connectivity index is 0. The van der Waals surface area contributed by atoms with Crippen molar-refractivity contribution in [3.63, 3.8) is 0 Å². The fourth-order valence-corrected chi connectivity index (χ4v) is 3.49. The molecular weight excluding hydrogens is 448 g/mol. The summed E-state index contributed by atoms with van der Waals surface area (Å²) in [6.45, 7) is 6.33. The number of hydrogen-bond acceptors (Lipinski definition) is 3. The average molecular weight is 505 g/mol. The van der Waals surface area contributed by atoms with Crippen molar-refractivity contribution in [2.45, 2.75) is 136 Å². The Morgan fingerprint density at radius 1 is 0.583 bits per heavy atom. The molecule has 0 aromatic heterocycles. The normalized spacial score (nSPS) is 11.5. The maximum absolute atomic E-state index is 10.5. The van der Waals surface area contributed by atoms with Crippen LogP contribution in [0.2, 0.25) is 0 Å². The molecule has 0 aliphatic heterocycles. The zero-order chi connectivity index (χ0) is 27.0. The van der Waals surface area contributed by atoms with Gasteiger partial charge in [0.2, 0.25) is 0 Å². The molecule has 0 bridgehead atoms. The highest BCUT2D eigenvalue weighted by atomic mass is 16.5. The Morgan fingerprint density at radius 2 is 0.972 bits per heavy atom. The largest absolute Gasteiger partial charge is 0.481 e. The van der Waals surface area contributed by atoms with E-state index >= 15 is 0 Å². The highest BCUT2D eigenvalue weighted by Gasteiger charge is 1.96. The quantitative estimate of drug-likeness (QED) is 0.0854. The van der Waals surface area contributed by atoms with Gasteiger partial charge >= 0.3 is 11.9 Å². The van der Waals surface area contributed by atoms with Crippen LogP contribution in [-0.2, 0) is 14.3 Å². The van der Waals surface area contributed by atoms with Gasteiger partial charge in [0, 0.05) is 13.3 Å². The molecule has 0 radical (unpaired) electrons. The summed E-state index contributed by atoms with van der Waals surface area (Å²) in [5.41, 5.74) is 0. The average Bonchev–Trinajstić information content (AvgIpc) is 2.85. The summed E-state index contributed by atoms with van der Waals surface area (Å²) in [5, 5.41) is 8.48. The second-order valence-electron chi connectivity index (χ2n) is 9.19. The van der Waals surface area contributed by atoms with Crippen molar-refractivity contribution in [2.24, 2.45) is 0 Å². The molecule has 36 heavy (non-hydrogen) atoms. The third-order valence-corrected chi connectivity index (χ3v) is 5.57. The van der Waals surface area contributed by atoms with Crippen LogP contribution in [0.15, 0.2) is 48.6 Å². The van der Waals surface area contributed by atoms with E-state index in [0.29, 0.717) is 13.0 Å². The van der Waals surface area contributed by atoms with E-state index in [1.165, 1.54) is 84.0 Å². The number of carboxylic acids is 1. The lowest BCUT2D eigenvalue weighted by molar-refractivity contribution is -0.141. The topological polar surface area (TPSA) is 63.6 Å². The van der Waals surface area contributed by atoms with Gasteiger partial charge in [-0.1, -0.05) is 120 Å². The minimum atomic E-state index is -0.668. The van der Waals surface area contributed by atoms with Crippen LogP contribution in [0.1, 0.15) is 136 Å². The maximum atomic E-state index is 10.5. The summed E-state index contributed by atoms with van der Waals surface area (Å²) in [6.07, 6.45) is 37.7. The second kappa shape index (κ2) is 32.9. The minimum absolute atomic E-state index is 0.168. The minimum Gasteiger partial charge on any atom is -0.481 e. The van der Waals surface area contributed by atoms with Gasteiger partial charge in [-0.15, -0.1) is 0 Å². The summed E-state index contributed by atoms with van der Waals surface area (Å²) in [4.78, 5) is 20.8. The Morgan fingerprint density at radius 3 is 1.39 bits per heavy atom. The first-order valence-corrected chi connectivity index (χ1v) is 14.5. The van der Waals surface area contributed by atoms with Gasteiger partial charge in [0.1, 0.15) is 0 Å². The SMILES string of the molecule is CC/C=C/C=C\CCCCCCCCCC(=O)O.CCC=CC=CCCCCCCCCOC(C)=O. The molecule has 0 heterocycles. The molecule has 0 aromatic carbocycles. The van der Waals surface area contributed by atoms with Crippen LogP contribution in [0.5, 0.6) is 0 Å². The van der Waals surface area contributed by atoms with Gasteiger partial charge in [-0.05, 0) is 51.4 Å². The molecular formula is C32H56O4. The maximum Gasteiger partial charge on any atom is 0.303 e. The summed E-state index contributed by atoms with van der Waals surface area (Å²) in [6, 6.07) is 0. The van der Waals surface area contributed by atoms with Crippen molar-refractivity contribution < 1.29 is 19.4 Å². The molecule has 0 spiro atoms. The van der Waals surface area contributed by atoms with Crippen molar-refractivity contribution in [2.75, 3.05) is 6.61 Å². The number of rotatable bonds is 23. The Hall–Kier alpha value is -2.10. The number of carbonyl (C=O) groups excluding carboxylic acids is 1. The number of aliphatic carboxylic acids is 1. The number of carbonyl (C=O) groups is 2. The van der Waals surface area contributed by atoms with Gasteiger partial charge in [0.05, 0.1) is 6.61 Å². The fraction of sp³-hybridized carbons (Fsp3) is 0.688. The second-order valence-corrected chi connectivity index (χ2v) is 9.19. The molecule has 0 aliphatic rings. The predicted molar refractivity (Wildman–Crippen MR) is 155 cm³/mol. The van der Waals surface area contributed by atoms with E-state index in [-0.39, 0.29) is 5.97 Å². The van der Waals surface area contributed by atoms with Crippen LogP contribution in [0.3, 0.4) is 0 Å². The standard InChI is InChI=1S/2C16H28O2/c1-3-4-5-6-7-8-9-10-11-12-13-14-15-18-16(2)17;1-2-3-4-5-6-7-8-9-10-11-12-13-14-15-16(17)18/h4-7H,3,8-15H2,1-2H3;3-6H,2,7-15H2,1H3,(H,17,18)/b;4-3+,6-5-. The van der Waals surface area contributed by atoms with Crippen molar-refractivity contribution in [1.29, 1.82) is 0 Å². The summed E-state index contributed by atoms with van der Waals surface area (Å²) in [7, 11) is 0. The van der Waals surface area contributed by atoms with E-state index < -0.39 is 5.97 Å². The number of hydrogen-bond donors (Lipinski definition) is 1. The number of ether oxygens (including phenoxy) is 1. The highest BCUT2D eigenvalue weighted by molar-refractivity contribution is 5.66. The molecule has 0 unspecified atom stereocenters. The number of allylic oxidation sites excluding steroid dienone is 8. The van der Waals surface area contributed by atoms with E-state index in [9.17, 15) is 9.59 Å². The van der Waals surface area contributed by atoms with Crippen LogP contribution >= 0.6 is 0 Å². The number of esters is 1. The Bertz CT molecular complexity index is 535. The van der Waals surface area contributed by atoms with Crippen LogP contribution in [-0.4, -0.2) is 23.7 Å². The molecule has 0 aromatic rings. The number of carboxylic acid groups (broad SMARTS) is 1. The van der Waals surface area contributed by atoms with Gasteiger partial charge in [-0.3, -0.25) is 9.59 Å². The van der Waals surface area contributed by atoms with Crippen LogP contribution in [0, 0.1) is 0 Å². The molecule has 0 amide bonds. The molecule has 4 heteroatoms. The van der Waals surface area contributed by atoms with E-state index in [4.69, 9.17) is 9.84 Å². The molecule has 0 saturated carbocycles. The third kappa shape index (κ3) is 39.1. The zero-order valence-corrected chi connectivity index (χ0v) is 23.7. The molecule has 208 valence electrons. The lowest BCUT2D eigenvalue weighted by atomic mass is 10.1. The predicted octanol–water partition coefficient (Wildman–Crippen LogP) is 9.91. The molecule has 1 N–H and O–H groups in total. The van der Waals surface area contributed by atoms with Crippen molar-refractivity contribution in [3.05, 3.63) is 48.6 Å². The van der Waals surface area contributed by atoms with Crippen LogP contribution in [0.25, 0.3) is 0 Å². The van der Waals surface area contributed by atoms with Gasteiger partial charge in [-0.25, -0.2) is 0 Å². The lowest BCUT2D eigenvalue weighted by Crippen LogP contribution is -1.99. The Kier molecular flexibility index (Phi) is 33.0. The highest BCUT2D eigenvalue weighted by Crippen LogP contribution is 2.10. The first kappa shape index (κ1) is 36.1. The van der Waals surface area contributed by atoms with Gasteiger partial charge in [0.25, 0.3) is 0 Å². The molecule has 0 fully saturated rings. The smallest absolute Gasteiger partial charge is 0.303 e. The lowest BCUT2D eigenvalue weighted by Gasteiger charge is -2.01. The van der Waals surface area contributed by atoms with Crippen molar-refractivity contribution >= 4 is 11.9 Å². The van der Waals surface area contributed by atoms with E-state index in [2.05, 4.69) is 62.5 Å². The molecule has 0 saturated heterocycles. The van der Waals surface area contributed by atoms with E-state index in [1.807, 2.05) is 0 Å². The van der Waals surface area contributed by atoms with Crippen LogP contribution in [0.4, 0.5) is 0 Å². The summed E-state index contributed by atoms with van der Waals surface area (Å²) in [5.74, 6) is -0.835. The molecule has 0 aliphatic carbocycles. The Labute approximate surface area is 223 Å².